The van der Waals surface area contributed by atoms with Crippen LogP contribution in [0.15, 0.2) is 24.4 Å². The first-order chi connectivity index (χ1) is 8.86. The number of ether oxygens (including phenoxy) is 2. The van der Waals surface area contributed by atoms with Crippen molar-refractivity contribution in [2.24, 2.45) is 0 Å². The van der Waals surface area contributed by atoms with E-state index in [2.05, 4.69) is 16.0 Å². The summed E-state index contributed by atoms with van der Waals surface area (Å²) in [6, 6.07) is 7.80. The molecule has 0 amide bonds. The molecule has 3 rings (SSSR count). The minimum Gasteiger partial charge on any atom is -0.486 e. The van der Waals surface area contributed by atoms with Crippen molar-refractivity contribution < 1.29 is 9.47 Å². The molecule has 5 nitrogen and oxygen atoms in total. The smallest absolute Gasteiger partial charge is 0.162 e. The van der Waals surface area contributed by atoms with E-state index in [1.165, 1.54) is 0 Å². The number of nitrogens with one attached hydrogen (secondary N) is 1. The lowest BCUT2D eigenvalue weighted by Gasteiger charge is -2.18. The highest BCUT2D eigenvalue weighted by molar-refractivity contribution is 5.63. The number of rotatable bonds is 2. The Balaban J connectivity index is 1.93. The first-order valence-electron chi connectivity index (χ1n) is 5.67. The van der Waals surface area contributed by atoms with Gasteiger partial charge in [0.2, 0.25) is 0 Å². The van der Waals surface area contributed by atoms with Gasteiger partial charge < -0.3 is 14.5 Å². The summed E-state index contributed by atoms with van der Waals surface area (Å²) >= 11 is 0. The van der Waals surface area contributed by atoms with E-state index in [4.69, 9.17) is 14.7 Å². The Kier molecular flexibility index (Phi) is 2.61. The summed E-state index contributed by atoms with van der Waals surface area (Å²) in [5.41, 5.74) is 1.84. The lowest BCUT2D eigenvalue weighted by Crippen LogP contribution is -2.15. The van der Waals surface area contributed by atoms with Crippen LogP contribution in [0.4, 0.5) is 0 Å². The van der Waals surface area contributed by atoms with E-state index in [1.54, 1.807) is 6.20 Å². The summed E-state index contributed by atoms with van der Waals surface area (Å²) in [5.74, 6) is 2.18. The van der Waals surface area contributed by atoms with E-state index < -0.39 is 0 Å². The Morgan fingerprint density at radius 1 is 1.28 bits per heavy atom. The molecule has 1 aromatic heterocycles. The van der Waals surface area contributed by atoms with Gasteiger partial charge in [-0.25, -0.2) is 4.98 Å². The quantitative estimate of drug-likeness (QED) is 0.871. The number of aromatic nitrogens is 2. The van der Waals surface area contributed by atoms with Gasteiger partial charge in [0, 0.05) is 5.56 Å². The van der Waals surface area contributed by atoms with Crippen molar-refractivity contribution in [3.63, 3.8) is 0 Å². The minimum absolute atomic E-state index is 0.282. The average molecular weight is 241 g/mol. The number of fused-ring (bicyclic) bond motifs is 1. The summed E-state index contributed by atoms with van der Waals surface area (Å²) in [5, 5.41) is 8.61. The van der Waals surface area contributed by atoms with Crippen molar-refractivity contribution in [3.05, 3.63) is 30.2 Å². The van der Waals surface area contributed by atoms with E-state index in [0.29, 0.717) is 19.0 Å². The fourth-order valence-corrected chi connectivity index (χ4v) is 1.88. The van der Waals surface area contributed by atoms with Crippen molar-refractivity contribution in [2.75, 3.05) is 13.2 Å². The molecule has 1 aliphatic heterocycles. The molecular weight excluding hydrogens is 230 g/mol. The SMILES string of the molecule is N#CCc1ncc(-c2ccc3c(c2)OCCO3)[nH]1. The molecule has 1 aliphatic rings. The van der Waals surface area contributed by atoms with Gasteiger partial charge in [0.05, 0.1) is 24.4 Å². The highest BCUT2D eigenvalue weighted by atomic mass is 16.6. The second-order valence-corrected chi connectivity index (χ2v) is 3.94. The largest absolute Gasteiger partial charge is 0.486 e. The van der Waals surface area contributed by atoms with Gasteiger partial charge in [-0.2, -0.15) is 5.26 Å². The molecule has 1 aromatic carbocycles. The number of imidazole rings is 1. The first-order valence-corrected chi connectivity index (χ1v) is 5.67. The molecule has 18 heavy (non-hydrogen) atoms. The van der Waals surface area contributed by atoms with Crippen molar-refractivity contribution in [2.45, 2.75) is 6.42 Å². The van der Waals surface area contributed by atoms with Gasteiger partial charge in [-0.15, -0.1) is 0 Å². The van der Waals surface area contributed by atoms with E-state index in [1.807, 2.05) is 18.2 Å². The summed E-state index contributed by atoms with van der Waals surface area (Å²) < 4.78 is 11.0. The number of nitrogens with zero attached hydrogens (tertiary/aromatic N) is 2. The lowest BCUT2D eigenvalue weighted by molar-refractivity contribution is 0.171. The fourth-order valence-electron chi connectivity index (χ4n) is 1.88. The Labute approximate surface area is 104 Å². The molecule has 2 aromatic rings. The van der Waals surface area contributed by atoms with Crippen molar-refractivity contribution in [1.82, 2.24) is 9.97 Å². The van der Waals surface area contributed by atoms with Crippen LogP contribution in [0, 0.1) is 11.3 Å². The Morgan fingerprint density at radius 2 is 2.11 bits per heavy atom. The molecule has 0 saturated carbocycles. The Hall–Kier alpha value is -2.48. The standard InChI is InChI=1S/C13H11N3O2/c14-4-3-13-15-8-10(16-13)9-1-2-11-12(7-9)18-6-5-17-11/h1-2,7-8H,3,5-6H2,(H,15,16). The maximum atomic E-state index is 8.61. The molecule has 0 atom stereocenters. The number of H-pyrrole nitrogens is 1. The molecule has 90 valence electrons. The van der Waals surface area contributed by atoms with Crippen LogP contribution in [-0.4, -0.2) is 23.2 Å². The molecule has 1 N–H and O–H groups in total. The summed E-state index contributed by atoms with van der Waals surface area (Å²) in [4.78, 5) is 7.25. The van der Waals surface area contributed by atoms with Gasteiger partial charge in [-0.1, -0.05) is 0 Å². The van der Waals surface area contributed by atoms with Gasteiger partial charge in [-0.05, 0) is 18.2 Å². The van der Waals surface area contributed by atoms with Crippen LogP contribution in [0.25, 0.3) is 11.3 Å². The monoisotopic (exact) mass is 241 g/mol. The van der Waals surface area contributed by atoms with Crippen LogP contribution in [0.5, 0.6) is 11.5 Å². The molecule has 0 aliphatic carbocycles. The van der Waals surface area contributed by atoms with Crippen LogP contribution >= 0.6 is 0 Å². The number of hydrogen-bond acceptors (Lipinski definition) is 4. The summed E-state index contributed by atoms with van der Waals surface area (Å²) in [6.45, 7) is 1.15. The van der Waals surface area contributed by atoms with E-state index >= 15 is 0 Å². The zero-order valence-corrected chi connectivity index (χ0v) is 9.64. The van der Waals surface area contributed by atoms with E-state index in [0.717, 1.165) is 22.8 Å². The molecule has 5 heteroatoms. The topological polar surface area (TPSA) is 70.9 Å². The predicted octanol–water partition coefficient (Wildman–Crippen LogP) is 1.91. The number of nitriles is 1. The first kappa shape index (κ1) is 10.7. The maximum absolute atomic E-state index is 8.61. The van der Waals surface area contributed by atoms with Gasteiger partial charge in [0.1, 0.15) is 19.0 Å². The van der Waals surface area contributed by atoms with Crippen molar-refractivity contribution in [1.29, 1.82) is 5.26 Å². The number of benzene rings is 1. The number of hydrogen-bond donors (Lipinski definition) is 1. The molecule has 0 saturated heterocycles. The van der Waals surface area contributed by atoms with Gasteiger partial charge >= 0.3 is 0 Å². The van der Waals surface area contributed by atoms with E-state index in [9.17, 15) is 0 Å². The second kappa shape index (κ2) is 4.41. The molecule has 0 radical (unpaired) electrons. The Morgan fingerprint density at radius 3 is 2.94 bits per heavy atom. The zero-order valence-electron chi connectivity index (χ0n) is 9.64. The second-order valence-electron chi connectivity index (χ2n) is 3.94. The molecule has 0 spiro atoms. The van der Waals surface area contributed by atoms with Gasteiger partial charge in [0.15, 0.2) is 11.5 Å². The molecule has 0 bridgehead atoms. The van der Waals surface area contributed by atoms with Crippen LogP contribution in [0.3, 0.4) is 0 Å². The summed E-state index contributed by atoms with van der Waals surface area (Å²) in [6.07, 6.45) is 2.00. The van der Waals surface area contributed by atoms with Crippen LogP contribution in [0.1, 0.15) is 5.82 Å². The molecular formula is C13H11N3O2. The highest BCUT2D eigenvalue weighted by Crippen LogP contribution is 2.33. The van der Waals surface area contributed by atoms with Gasteiger partial charge in [0.25, 0.3) is 0 Å². The van der Waals surface area contributed by atoms with Crippen LogP contribution < -0.4 is 9.47 Å². The van der Waals surface area contributed by atoms with Crippen molar-refractivity contribution in [3.8, 4) is 28.8 Å². The third kappa shape index (κ3) is 1.89. The maximum Gasteiger partial charge on any atom is 0.162 e. The van der Waals surface area contributed by atoms with E-state index in [-0.39, 0.29) is 6.42 Å². The number of aromatic amines is 1. The van der Waals surface area contributed by atoms with Gasteiger partial charge in [-0.3, -0.25) is 0 Å². The predicted molar refractivity (Wildman–Crippen MR) is 64.3 cm³/mol. The summed E-state index contributed by atoms with van der Waals surface area (Å²) in [7, 11) is 0. The zero-order chi connectivity index (χ0) is 12.4. The van der Waals surface area contributed by atoms with Crippen LogP contribution in [-0.2, 0) is 6.42 Å². The molecule has 0 fully saturated rings. The third-order valence-corrected chi connectivity index (χ3v) is 2.73. The lowest BCUT2D eigenvalue weighted by atomic mass is 10.1. The molecule has 0 unspecified atom stereocenters. The minimum atomic E-state index is 0.282. The van der Waals surface area contributed by atoms with Crippen molar-refractivity contribution >= 4 is 0 Å². The van der Waals surface area contributed by atoms with Crippen LogP contribution in [0.2, 0.25) is 0 Å². The third-order valence-electron chi connectivity index (χ3n) is 2.73. The normalized spacial score (nSPS) is 13.1. The Bertz CT molecular complexity index is 613. The highest BCUT2D eigenvalue weighted by Gasteiger charge is 2.13. The average Bonchev–Trinajstić information content (AvgIpc) is 2.87. The molecule has 2 heterocycles. The fraction of sp³-hybridized carbons (Fsp3) is 0.231.